The molecule has 0 radical (unpaired) electrons. The topological polar surface area (TPSA) is 46.2 Å². The van der Waals surface area contributed by atoms with Crippen LogP contribution >= 0.6 is 11.6 Å². The Morgan fingerprint density at radius 1 is 1.15 bits per heavy atom. The lowest BCUT2D eigenvalue weighted by atomic mass is 9.89. The minimum atomic E-state index is -1.17. The van der Waals surface area contributed by atoms with E-state index in [-0.39, 0.29) is 17.1 Å². The van der Waals surface area contributed by atoms with Crippen molar-refractivity contribution in [3.63, 3.8) is 0 Å². The molecule has 5 heteroatoms. The molecule has 0 bridgehead atoms. The molecule has 0 fully saturated rings. The fourth-order valence-electron chi connectivity index (χ4n) is 2.14. The molecule has 2 unspecified atom stereocenters. The first-order valence-electron chi connectivity index (χ1n) is 6.11. The number of rotatable bonds is 4. The minimum Gasteiger partial charge on any atom is -0.388 e. The second-order valence-corrected chi connectivity index (χ2v) is 4.94. The highest BCUT2D eigenvalue weighted by molar-refractivity contribution is 6.30. The summed E-state index contributed by atoms with van der Waals surface area (Å²) >= 11 is 5.68. The number of hydrogen-bond donors (Lipinski definition) is 2. The van der Waals surface area contributed by atoms with Crippen molar-refractivity contribution in [3.8, 4) is 0 Å². The van der Waals surface area contributed by atoms with E-state index in [2.05, 4.69) is 0 Å². The van der Waals surface area contributed by atoms with Crippen molar-refractivity contribution in [3.05, 3.63) is 70.2 Å². The van der Waals surface area contributed by atoms with Crippen LogP contribution in [-0.4, -0.2) is 11.7 Å². The number of benzene rings is 2. The predicted molar refractivity (Wildman–Crippen MR) is 74.6 cm³/mol. The largest absolute Gasteiger partial charge is 0.388 e. The van der Waals surface area contributed by atoms with Gasteiger partial charge in [-0.1, -0.05) is 29.8 Å². The maximum Gasteiger partial charge on any atom is 0.130 e. The summed E-state index contributed by atoms with van der Waals surface area (Å²) in [6, 6.07) is 9.78. The zero-order valence-electron chi connectivity index (χ0n) is 10.6. The normalized spacial score (nSPS) is 14.1. The van der Waals surface area contributed by atoms with Gasteiger partial charge in [0.2, 0.25) is 0 Å². The summed E-state index contributed by atoms with van der Waals surface area (Å²) in [5, 5.41) is 10.6. The lowest BCUT2D eigenvalue weighted by Crippen LogP contribution is -2.21. The van der Waals surface area contributed by atoms with E-state index < -0.39 is 23.7 Å². The highest BCUT2D eigenvalue weighted by Gasteiger charge is 2.24. The van der Waals surface area contributed by atoms with Gasteiger partial charge in [0.25, 0.3) is 0 Å². The molecule has 2 rings (SSSR count). The first kappa shape index (κ1) is 14.9. The van der Waals surface area contributed by atoms with Gasteiger partial charge in [0.1, 0.15) is 11.6 Å². The Kier molecular flexibility index (Phi) is 4.70. The van der Waals surface area contributed by atoms with Crippen LogP contribution in [0, 0.1) is 11.6 Å². The lowest BCUT2D eigenvalue weighted by Gasteiger charge is -2.22. The maximum atomic E-state index is 13.8. The average molecular weight is 298 g/mol. The summed E-state index contributed by atoms with van der Waals surface area (Å²) in [6.07, 6.45) is -1.17. The number of aliphatic hydroxyl groups is 1. The van der Waals surface area contributed by atoms with Gasteiger partial charge in [0.05, 0.1) is 6.10 Å². The first-order valence-corrected chi connectivity index (χ1v) is 6.49. The molecule has 2 aromatic rings. The van der Waals surface area contributed by atoms with Crippen molar-refractivity contribution in [2.75, 3.05) is 6.54 Å². The Labute approximate surface area is 120 Å². The van der Waals surface area contributed by atoms with E-state index in [1.807, 2.05) is 0 Å². The summed E-state index contributed by atoms with van der Waals surface area (Å²) < 4.78 is 27.1. The van der Waals surface area contributed by atoms with Gasteiger partial charge in [-0.25, -0.2) is 8.78 Å². The molecule has 2 aromatic carbocycles. The molecule has 0 aliphatic heterocycles. The molecule has 0 saturated carbocycles. The zero-order valence-corrected chi connectivity index (χ0v) is 11.3. The van der Waals surface area contributed by atoms with Crippen molar-refractivity contribution in [2.24, 2.45) is 5.73 Å². The molecule has 3 N–H and O–H groups in total. The van der Waals surface area contributed by atoms with Crippen LogP contribution in [0.2, 0.25) is 5.02 Å². The molecular formula is C15H14ClF2NO. The van der Waals surface area contributed by atoms with Gasteiger partial charge < -0.3 is 10.8 Å². The molecule has 0 heterocycles. The van der Waals surface area contributed by atoms with Crippen LogP contribution in [0.5, 0.6) is 0 Å². The van der Waals surface area contributed by atoms with E-state index in [4.69, 9.17) is 17.3 Å². The Hall–Kier alpha value is -1.49. The molecule has 106 valence electrons. The highest BCUT2D eigenvalue weighted by Crippen LogP contribution is 2.32. The summed E-state index contributed by atoms with van der Waals surface area (Å²) in [6.45, 7) is 0.0622. The third-order valence-electron chi connectivity index (χ3n) is 3.19. The van der Waals surface area contributed by atoms with Crippen LogP contribution < -0.4 is 5.73 Å². The van der Waals surface area contributed by atoms with Gasteiger partial charge in [-0.15, -0.1) is 0 Å². The fraction of sp³-hybridized carbons (Fsp3) is 0.200. The van der Waals surface area contributed by atoms with Crippen LogP contribution in [0.1, 0.15) is 23.1 Å². The van der Waals surface area contributed by atoms with E-state index in [0.717, 1.165) is 6.07 Å². The summed E-state index contributed by atoms with van der Waals surface area (Å²) in [4.78, 5) is 0. The first-order chi connectivity index (χ1) is 9.52. The van der Waals surface area contributed by atoms with Crippen LogP contribution in [0.3, 0.4) is 0 Å². The maximum absolute atomic E-state index is 13.8. The minimum absolute atomic E-state index is 0.0622. The van der Waals surface area contributed by atoms with Gasteiger partial charge in [0, 0.05) is 23.0 Å². The molecule has 0 aliphatic rings. The lowest BCUT2D eigenvalue weighted by molar-refractivity contribution is 0.143. The van der Waals surface area contributed by atoms with Gasteiger partial charge in [-0.2, -0.15) is 0 Å². The molecule has 0 aliphatic carbocycles. The second-order valence-electron chi connectivity index (χ2n) is 4.51. The second kappa shape index (κ2) is 6.31. The van der Waals surface area contributed by atoms with Gasteiger partial charge in [0.15, 0.2) is 0 Å². The molecule has 2 atom stereocenters. The molecule has 0 aromatic heterocycles. The zero-order chi connectivity index (χ0) is 14.7. The quantitative estimate of drug-likeness (QED) is 0.908. The SMILES string of the molecule is NCC(c1cccc(F)c1)C(O)c1ccc(Cl)cc1F. The van der Waals surface area contributed by atoms with Crippen molar-refractivity contribution >= 4 is 11.6 Å². The third-order valence-corrected chi connectivity index (χ3v) is 3.43. The number of aliphatic hydroxyl groups excluding tert-OH is 1. The van der Waals surface area contributed by atoms with Gasteiger partial charge in [-0.3, -0.25) is 0 Å². The van der Waals surface area contributed by atoms with E-state index >= 15 is 0 Å². The molecule has 20 heavy (non-hydrogen) atoms. The average Bonchev–Trinajstić information content (AvgIpc) is 2.39. The van der Waals surface area contributed by atoms with E-state index in [0.29, 0.717) is 5.56 Å². The van der Waals surface area contributed by atoms with Crippen molar-refractivity contribution < 1.29 is 13.9 Å². The van der Waals surface area contributed by atoms with Gasteiger partial charge in [-0.05, 0) is 29.8 Å². The Morgan fingerprint density at radius 3 is 2.50 bits per heavy atom. The molecule has 0 saturated heterocycles. The summed E-state index contributed by atoms with van der Waals surface area (Å²) in [5.41, 5.74) is 6.26. The van der Waals surface area contributed by atoms with Crippen molar-refractivity contribution in [1.82, 2.24) is 0 Å². The van der Waals surface area contributed by atoms with Crippen LogP contribution in [0.4, 0.5) is 8.78 Å². The third kappa shape index (κ3) is 3.15. The number of halogens is 3. The fourth-order valence-corrected chi connectivity index (χ4v) is 2.30. The molecule has 2 nitrogen and oxygen atoms in total. The Bertz CT molecular complexity index is 606. The van der Waals surface area contributed by atoms with Crippen molar-refractivity contribution in [2.45, 2.75) is 12.0 Å². The highest BCUT2D eigenvalue weighted by atomic mass is 35.5. The van der Waals surface area contributed by atoms with Crippen molar-refractivity contribution in [1.29, 1.82) is 0 Å². The molecule has 0 amide bonds. The molecule has 0 spiro atoms. The van der Waals surface area contributed by atoms with E-state index in [1.54, 1.807) is 6.07 Å². The monoisotopic (exact) mass is 297 g/mol. The van der Waals surface area contributed by atoms with Gasteiger partial charge >= 0.3 is 0 Å². The van der Waals surface area contributed by atoms with Crippen LogP contribution in [0.25, 0.3) is 0 Å². The Morgan fingerprint density at radius 2 is 1.90 bits per heavy atom. The Balaban J connectivity index is 2.36. The summed E-state index contributed by atoms with van der Waals surface area (Å²) in [7, 11) is 0. The van der Waals surface area contributed by atoms with E-state index in [1.165, 1.54) is 30.3 Å². The predicted octanol–water partition coefficient (Wildman–Crippen LogP) is 3.39. The standard InChI is InChI=1S/C15H14ClF2NO/c16-10-4-5-12(14(18)7-10)15(20)13(8-19)9-2-1-3-11(17)6-9/h1-7,13,15,20H,8,19H2. The number of hydrogen-bond acceptors (Lipinski definition) is 2. The van der Waals surface area contributed by atoms with Crippen LogP contribution in [0.15, 0.2) is 42.5 Å². The van der Waals surface area contributed by atoms with Crippen LogP contribution in [-0.2, 0) is 0 Å². The smallest absolute Gasteiger partial charge is 0.130 e. The van der Waals surface area contributed by atoms with E-state index in [9.17, 15) is 13.9 Å². The summed E-state index contributed by atoms with van der Waals surface area (Å²) in [5.74, 6) is -1.63. The number of nitrogens with two attached hydrogens (primary N) is 1. The molecular weight excluding hydrogens is 284 g/mol.